The zero-order valence-corrected chi connectivity index (χ0v) is 15.4. The number of nitrogens with one attached hydrogen (secondary N) is 1. The SMILES string of the molecule is Cc1nc(C(=O)N2C[C@@H]3[C@@H](C(=O)NCc4cccs4)CO[C@@H]3C2)cs1. The van der Waals surface area contributed by atoms with Gasteiger partial charge in [-0.05, 0) is 18.4 Å². The second kappa shape index (κ2) is 6.86. The van der Waals surface area contributed by atoms with Gasteiger partial charge in [-0.25, -0.2) is 4.98 Å². The maximum absolute atomic E-state index is 12.6. The van der Waals surface area contributed by atoms with Crippen molar-refractivity contribution in [1.82, 2.24) is 15.2 Å². The predicted molar refractivity (Wildman–Crippen MR) is 95.6 cm³/mol. The van der Waals surface area contributed by atoms with Crippen molar-refractivity contribution in [3.05, 3.63) is 38.5 Å². The molecule has 3 atom stereocenters. The van der Waals surface area contributed by atoms with E-state index in [0.717, 1.165) is 9.88 Å². The third-order valence-electron chi connectivity index (χ3n) is 4.79. The molecule has 2 aromatic rings. The number of likely N-dealkylation sites (tertiary alicyclic amines) is 1. The van der Waals surface area contributed by atoms with E-state index in [-0.39, 0.29) is 29.8 Å². The number of aromatic nitrogens is 1. The topological polar surface area (TPSA) is 71.5 Å². The molecule has 0 radical (unpaired) electrons. The molecule has 0 saturated carbocycles. The normalized spacial score (nSPS) is 25.2. The fourth-order valence-electron chi connectivity index (χ4n) is 3.49. The van der Waals surface area contributed by atoms with Crippen LogP contribution in [-0.2, 0) is 16.1 Å². The van der Waals surface area contributed by atoms with E-state index in [2.05, 4.69) is 10.3 Å². The van der Waals surface area contributed by atoms with Crippen LogP contribution in [0.25, 0.3) is 0 Å². The smallest absolute Gasteiger partial charge is 0.273 e. The maximum Gasteiger partial charge on any atom is 0.273 e. The zero-order chi connectivity index (χ0) is 17.4. The average Bonchev–Trinajstić information content (AvgIpc) is 3.35. The Morgan fingerprint density at radius 2 is 2.28 bits per heavy atom. The lowest BCUT2D eigenvalue weighted by molar-refractivity contribution is -0.126. The molecule has 1 N–H and O–H groups in total. The summed E-state index contributed by atoms with van der Waals surface area (Å²) in [4.78, 5) is 32.3. The van der Waals surface area contributed by atoms with Crippen LogP contribution in [0.5, 0.6) is 0 Å². The Morgan fingerprint density at radius 1 is 1.40 bits per heavy atom. The molecule has 0 aliphatic carbocycles. The van der Waals surface area contributed by atoms with E-state index in [4.69, 9.17) is 4.74 Å². The molecule has 8 heteroatoms. The number of thiazole rings is 1. The van der Waals surface area contributed by atoms with Gasteiger partial charge >= 0.3 is 0 Å². The average molecular weight is 377 g/mol. The van der Waals surface area contributed by atoms with Crippen LogP contribution in [0.3, 0.4) is 0 Å². The lowest BCUT2D eigenvalue weighted by atomic mass is 9.92. The Bertz CT molecular complexity index is 774. The van der Waals surface area contributed by atoms with Crippen molar-refractivity contribution in [3.8, 4) is 0 Å². The van der Waals surface area contributed by atoms with E-state index in [1.54, 1.807) is 21.6 Å². The molecule has 4 rings (SSSR count). The molecule has 132 valence electrons. The molecule has 2 aliphatic heterocycles. The number of aryl methyl sites for hydroxylation is 1. The number of carbonyl (C=O) groups excluding carboxylic acids is 2. The van der Waals surface area contributed by atoms with E-state index in [0.29, 0.717) is 31.9 Å². The van der Waals surface area contributed by atoms with Crippen LogP contribution in [-0.4, -0.2) is 47.5 Å². The Balaban J connectivity index is 1.37. The highest BCUT2D eigenvalue weighted by atomic mass is 32.1. The highest BCUT2D eigenvalue weighted by Gasteiger charge is 2.48. The molecule has 2 amide bonds. The second-order valence-corrected chi connectivity index (χ2v) is 8.50. The van der Waals surface area contributed by atoms with Gasteiger partial charge < -0.3 is 15.0 Å². The summed E-state index contributed by atoms with van der Waals surface area (Å²) >= 11 is 3.10. The summed E-state index contributed by atoms with van der Waals surface area (Å²) in [5.41, 5.74) is 0.487. The number of hydrogen-bond acceptors (Lipinski definition) is 6. The second-order valence-electron chi connectivity index (χ2n) is 6.40. The first kappa shape index (κ1) is 16.7. The van der Waals surface area contributed by atoms with Gasteiger partial charge in [0.25, 0.3) is 5.91 Å². The van der Waals surface area contributed by atoms with Crippen molar-refractivity contribution in [2.45, 2.75) is 19.6 Å². The van der Waals surface area contributed by atoms with Crippen molar-refractivity contribution in [3.63, 3.8) is 0 Å². The lowest BCUT2D eigenvalue weighted by Crippen LogP contribution is -2.37. The van der Waals surface area contributed by atoms with Crippen LogP contribution >= 0.6 is 22.7 Å². The minimum atomic E-state index is -0.195. The van der Waals surface area contributed by atoms with Gasteiger partial charge in [0.1, 0.15) is 5.69 Å². The van der Waals surface area contributed by atoms with Gasteiger partial charge in [-0.15, -0.1) is 22.7 Å². The summed E-state index contributed by atoms with van der Waals surface area (Å²) in [5, 5.41) is 7.66. The number of hydrogen-bond donors (Lipinski definition) is 1. The minimum absolute atomic E-state index is 0.0136. The summed E-state index contributed by atoms with van der Waals surface area (Å²) in [6, 6.07) is 3.98. The fourth-order valence-corrected chi connectivity index (χ4v) is 4.72. The number of rotatable bonds is 4. The molecular formula is C17H19N3O3S2. The van der Waals surface area contributed by atoms with Crippen molar-refractivity contribution in [2.75, 3.05) is 19.7 Å². The first-order chi connectivity index (χ1) is 12.1. The molecular weight excluding hydrogens is 358 g/mol. The highest BCUT2D eigenvalue weighted by Crippen LogP contribution is 2.34. The number of ether oxygens (including phenoxy) is 1. The summed E-state index contributed by atoms with van der Waals surface area (Å²) in [7, 11) is 0. The summed E-state index contributed by atoms with van der Waals surface area (Å²) < 4.78 is 5.80. The van der Waals surface area contributed by atoms with Gasteiger partial charge in [-0.1, -0.05) is 6.07 Å². The molecule has 4 heterocycles. The highest BCUT2D eigenvalue weighted by molar-refractivity contribution is 7.10. The molecule has 0 aromatic carbocycles. The zero-order valence-electron chi connectivity index (χ0n) is 13.8. The third-order valence-corrected chi connectivity index (χ3v) is 6.44. The molecule has 2 saturated heterocycles. The van der Waals surface area contributed by atoms with Crippen LogP contribution in [0.4, 0.5) is 0 Å². The number of nitrogens with zero attached hydrogens (tertiary/aromatic N) is 2. The lowest BCUT2D eigenvalue weighted by Gasteiger charge is -2.18. The molecule has 0 bridgehead atoms. The fraction of sp³-hybridized carbons (Fsp3) is 0.471. The third kappa shape index (κ3) is 3.33. The van der Waals surface area contributed by atoms with E-state index >= 15 is 0 Å². The van der Waals surface area contributed by atoms with Crippen LogP contribution in [0.1, 0.15) is 20.4 Å². The Morgan fingerprint density at radius 3 is 3.00 bits per heavy atom. The van der Waals surface area contributed by atoms with Crippen LogP contribution in [0.2, 0.25) is 0 Å². The van der Waals surface area contributed by atoms with Gasteiger partial charge in [-0.3, -0.25) is 9.59 Å². The van der Waals surface area contributed by atoms with Gasteiger partial charge in [0, 0.05) is 29.3 Å². The van der Waals surface area contributed by atoms with Gasteiger partial charge in [0.05, 0.1) is 30.2 Å². The summed E-state index contributed by atoms with van der Waals surface area (Å²) in [6.07, 6.45) is -0.0545. The van der Waals surface area contributed by atoms with Crippen molar-refractivity contribution in [2.24, 2.45) is 11.8 Å². The van der Waals surface area contributed by atoms with Gasteiger partial charge in [0.15, 0.2) is 0 Å². The van der Waals surface area contributed by atoms with Crippen LogP contribution in [0, 0.1) is 18.8 Å². The van der Waals surface area contributed by atoms with Crippen molar-refractivity contribution >= 4 is 34.5 Å². The van der Waals surface area contributed by atoms with Crippen molar-refractivity contribution in [1.29, 1.82) is 0 Å². The largest absolute Gasteiger partial charge is 0.375 e. The molecule has 2 fully saturated rings. The molecule has 0 spiro atoms. The Kier molecular flexibility index (Phi) is 4.58. The predicted octanol–water partition coefficient (Wildman–Crippen LogP) is 1.92. The molecule has 0 unspecified atom stereocenters. The van der Waals surface area contributed by atoms with Crippen LogP contribution < -0.4 is 5.32 Å². The number of amides is 2. The summed E-state index contributed by atoms with van der Waals surface area (Å²) in [6.45, 7) is 3.96. The number of carbonyl (C=O) groups is 2. The Hall–Kier alpha value is -1.77. The minimum Gasteiger partial charge on any atom is -0.375 e. The number of fused-ring (bicyclic) bond motifs is 1. The first-order valence-electron chi connectivity index (χ1n) is 8.25. The standard InChI is InChI=1S/C17H19N3O3S2/c1-10-19-14(9-25-10)17(22)20-6-12-13(8-23-15(12)7-20)16(21)18-5-11-3-2-4-24-11/h2-4,9,12-13,15H,5-8H2,1H3,(H,18,21)/t12-,13+,15-/m1/s1. The first-order valence-corrected chi connectivity index (χ1v) is 10.0. The van der Waals surface area contributed by atoms with Gasteiger partial charge in [-0.2, -0.15) is 0 Å². The number of thiophene rings is 1. The van der Waals surface area contributed by atoms with E-state index in [1.165, 1.54) is 11.3 Å². The maximum atomic E-state index is 12.6. The molecule has 6 nitrogen and oxygen atoms in total. The molecule has 2 aliphatic rings. The van der Waals surface area contributed by atoms with E-state index in [1.807, 2.05) is 24.4 Å². The Labute approximate surface area is 153 Å². The quantitative estimate of drug-likeness (QED) is 0.884. The van der Waals surface area contributed by atoms with E-state index in [9.17, 15) is 9.59 Å². The monoisotopic (exact) mass is 377 g/mol. The van der Waals surface area contributed by atoms with E-state index < -0.39 is 0 Å². The van der Waals surface area contributed by atoms with Gasteiger partial charge in [0.2, 0.25) is 5.91 Å². The molecule has 25 heavy (non-hydrogen) atoms. The van der Waals surface area contributed by atoms with Crippen molar-refractivity contribution < 1.29 is 14.3 Å². The van der Waals surface area contributed by atoms with Crippen LogP contribution in [0.15, 0.2) is 22.9 Å². The molecule has 2 aromatic heterocycles. The summed E-state index contributed by atoms with van der Waals surface area (Å²) in [5.74, 6) is -0.188.